The number of thioether (sulfide) groups is 1. The maximum atomic E-state index is 13.9. The number of hydrogen-bond acceptors (Lipinski definition) is 4. The molecular formula is C15H10FNOS3. The van der Waals surface area contributed by atoms with Crippen LogP contribution in [0.4, 0.5) is 10.1 Å². The van der Waals surface area contributed by atoms with Crippen molar-refractivity contribution in [1.82, 2.24) is 0 Å². The summed E-state index contributed by atoms with van der Waals surface area (Å²) in [5.74, 6) is -0.733. The van der Waals surface area contributed by atoms with E-state index in [2.05, 4.69) is 0 Å². The van der Waals surface area contributed by atoms with Gasteiger partial charge in [0, 0.05) is 9.75 Å². The molecule has 0 bridgehead atoms. The predicted octanol–water partition coefficient (Wildman–Crippen LogP) is 4.60. The molecule has 6 heteroatoms. The number of carbonyl (C=O) groups is 1. The van der Waals surface area contributed by atoms with E-state index in [0.717, 1.165) is 4.88 Å². The van der Waals surface area contributed by atoms with Crippen molar-refractivity contribution < 1.29 is 9.18 Å². The Morgan fingerprint density at radius 3 is 2.67 bits per heavy atom. The van der Waals surface area contributed by atoms with Gasteiger partial charge in [-0.25, -0.2) is 4.39 Å². The maximum absolute atomic E-state index is 13.9. The molecule has 1 amide bonds. The van der Waals surface area contributed by atoms with Gasteiger partial charge in [0.25, 0.3) is 5.91 Å². The fraction of sp³-hybridized carbons (Fsp3) is 0.0667. The molecule has 21 heavy (non-hydrogen) atoms. The predicted molar refractivity (Wildman–Crippen MR) is 91.1 cm³/mol. The molecule has 1 aliphatic heterocycles. The summed E-state index contributed by atoms with van der Waals surface area (Å²) in [6, 6.07) is 10.1. The van der Waals surface area contributed by atoms with Gasteiger partial charge in [-0.15, -0.1) is 11.3 Å². The van der Waals surface area contributed by atoms with Gasteiger partial charge in [-0.1, -0.05) is 36.1 Å². The average Bonchev–Trinajstić information content (AvgIpc) is 2.96. The third kappa shape index (κ3) is 2.79. The molecule has 1 aromatic carbocycles. The zero-order chi connectivity index (χ0) is 15.0. The Hall–Kier alpha value is -1.50. The number of thiocarbonyl (C=S) groups is 1. The van der Waals surface area contributed by atoms with Crippen molar-refractivity contribution in [3.05, 3.63) is 56.9 Å². The van der Waals surface area contributed by atoms with Crippen LogP contribution in [0.15, 0.2) is 41.3 Å². The lowest BCUT2D eigenvalue weighted by Crippen LogP contribution is -2.28. The summed E-state index contributed by atoms with van der Waals surface area (Å²) in [4.78, 5) is 16.4. The van der Waals surface area contributed by atoms with E-state index in [1.165, 1.54) is 27.6 Å². The molecule has 1 saturated heterocycles. The number of amides is 1. The number of anilines is 1. The van der Waals surface area contributed by atoms with Gasteiger partial charge < -0.3 is 0 Å². The number of nitrogens with zero attached hydrogens (tertiary/aromatic N) is 1. The van der Waals surface area contributed by atoms with Crippen LogP contribution >= 0.6 is 35.3 Å². The molecule has 0 N–H and O–H groups in total. The van der Waals surface area contributed by atoms with Gasteiger partial charge in [-0.3, -0.25) is 9.69 Å². The lowest BCUT2D eigenvalue weighted by molar-refractivity contribution is -0.113. The minimum Gasteiger partial charge on any atom is -0.268 e. The number of halogens is 1. The van der Waals surface area contributed by atoms with E-state index in [9.17, 15) is 9.18 Å². The van der Waals surface area contributed by atoms with E-state index >= 15 is 0 Å². The number of aryl methyl sites for hydroxylation is 1. The lowest BCUT2D eigenvalue weighted by Gasteiger charge is -2.14. The molecule has 2 aromatic rings. The number of rotatable bonds is 2. The van der Waals surface area contributed by atoms with Gasteiger partial charge >= 0.3 is 0 Å². The quantitative estimate of drug-likeness (QED) is 0.591. The Morgan fingerprint density at radius 1 is 1.24 bits per heavy atom. The van der Waals surface area contributed by atoms with Crippen LogP contribution in [0, 0.1) is 12.7 Å². The molecule has 0 atom stereocenters. The largest absolute Gasteiger partial charge is 0.270 e. The Morgan fingerprint density at radius 2 is 2.00 bits per heavy atom. The Bertz CT molecular complexity index is 766. The van der Waals surface area contributed by atoms with Gasteiger partial charge in [0.05, 0.1) is 10.6 Å². The van der Waals surface area contributed by atoms with Gasteiger partial charge in [-0.2, -0.15) is 0 Å². The molecule has 3 rings (SSSR count). The third-order valence-corrected chi connectivity index (χ3v) is 5.17. The molecule has 0 spiro atoms. The second-order valence-corrected chi connectivity index (χ2v) is 7.41. The summed E-state index contributed by atoms with van der Waals surface area (Å²) in [6.07, 6.45) is 1.80. The van der Waals surface area contributed by atoms with Crippen molar-refractivity contribution in [3.8, 4) is 0 Å². The van der Waals surface area contributed by atoms with Crippen LogP contribution in [-0.2, 0) is 4.79 Å². The summed E-state index contributed by atoms with van der Waals surface area (Å²) >= 11 is 8.02. The van der Waals surface area contributed by atoms with Gasteiger partial charge in [0.2, 0.25) is 0 Å². The van der Waals surface area contributed by atoms with E-state index < -0.39 is 5.82 Å². The van der Waals surface area contributed by atoms with Crippen molar-refractivity contribution in [2.75, 3.05) is 4.90 Å². The number of hydrogen-bond donors (Lipinski definition) is 0. The van der Waals surface area contributed by atoms with E-state index in [1.807, 2.05) is 19.1 Å². The molecule has 1 fully saturated rings. The second kappa shape index (κ2) is 5.71. The highest BCUT2D eigenvalue weighted by Gasteiger charge is 2.34. The highest BCUT2D eigenvalue weighted by Crippen LogP contribution is 2.37. The first-order chi connectivity index (χ1) is 10.1. The molecule has 0 aliphatic carbocycles. The first-order valence-electron chi connectivity index (χ1n) is 6.15. The first-order valence-corrected chi connectivity index (χ1v) is 8.19. The van der Waals surface area contributed by atoms with Crippen molar-refractivity contribution in [3.63, 3.8) is 0 Å². The zero-order valence-corrected chi connectivity index (χ0v) is 13.4. The second-order valence-electron chi connectivity index (χ2n) is 4.42. The smallest absolute Gasteiger partial charge is 0.268 e. The van der Waals surface area contributed by atoms with E-state index in [1.54, 1.807) is 35.6 Å². The number of para-hydroxylation sites is 1. The van der Waals surface area contributed by atoms with Crippen LogP contribution in [0.5, 0.6) is 0 Å². The Kier molecular flexibility index (Phi) is 3.93. The fourth-order valence-electron chi connectivity index (χ4n) is 1.97. The van der Waals surface area contributed by atoms with Crippen LogP contribution in [0.1, 0.15) is 9.75 Å². The number of carbonyl (C=O) groups excluding carboxylic acids is 1. The van der Waals surface area contributed by atoms with Gasteiger partial charge in [-0.05, 0) is 37.3 Å². The first kappa shape index (κ1) is 14.4. The molecule has 0 radical (unpaired) electrons. The molecule has 0 unspecified atom stereocenters. The third-order valence-electron chi connectivity index (χ3n) is 2.92. The van der Waals surface area contributed by atoms with Crippen LogP contribution < -0.4 is 4.90 Å². The molecule has 2 nitrogen and oxygen atoms in total. The molecule has 2 heterocycles. The molecular weight excluding hydrogens is 325 g/mol. The monoisotopic (exact) mass is 335 g/mol. The van der Waals surface area contributed by atoms with Crippen LogP contribution in [-0.4, -0.2) is 10.2 Å². The van der Waals surface area contributed by atoms with E-state index in [0.29, 0.717) is 9.23 Å². The lowest BCUT2D eigenvalue weighted by atomic mass is 10.2. The summed E-state index contributed by atoms with van der Waals surface area (Å²) in [6.45, 7) is 2.01. The normalized spacial score (nSPS) is 17.0. The standard InChI is InChI=1S/C15H10FNOS3/c1-9-6-7-10(20-9)8-13-14(18)17(15(19)21-13)12-5-3-2-4-11(12)16/h2-8H,1H3/b13-8+. The summed E-state index contributed by atoms with van der Waals surface area (Å²) in [5, 5.41) is 0. The minimum atomic E-state index is -0.456. The highest BCUT2D eigenvalue weighted by molar-refractivity contribution is 8.27. The SMILES string of the molecule is Cc1ccc(/C=C2/SC(=S)N(c3ccccc3F)C2=O)s1. The topological polar surface area (TPSA) is 20.3 Å². The fourth-order valence-corrected chi connectivity index (χ4v) is 4.14. The zero-order valence-electron chi connectivity index (χ0n) is 11.0. The number of benzene rings is 1. The van der Waals surface area contributed by atoms with Crippen molar-refractivity contribution >= 4 is 57.3 Å². The van der Waals surface area contributed by atoms with Crippen LogP contribution in [0.2, 0.25) is 0 Å². The van der Waals surface area contributed by atoms with E-state index in [4.69, 9.17) is 12.2 Å². The molecule has 0 saturated carbocycles. The molecule has 1 aromatic heterocycles. The molecule has 106 valence electrons. The molecule has 1 aliphatic rings. The summed E-state index contributed by atoms with van der Waals surface area (Å²) < 4.78 is 14.2. The van der Waals surface area contributed by atoms with Crippen molar-refractivity contribution in [2.45, 2.75) is 6.92 Å². The Balaban J connectivity index is 1.96. The summed E-state index contributed by atoms with van der Waals surface area (Å²) in [5.41, 5.74) is 0.200. The van der Waals surface area contributed by atoms with Crippen LogP contribution in [0.3, 0.4) is 0 Å². The maximum Gasteiger partial charge on any atom is 0.270 e. The summed E-state index contributed by atoms with van der Waals surface area (Å²) in [7, 11) is 0. The van der Waals surface area contributed by atoms with Gasteiger partial charge in [0.1, 0.15) is 5.82 Å². The van der Waals surface area contributed by atoms with Gasteiger partial charge in [0.15, 0.2) is 4.32 Å². The minimum absolute atomic E-state index is 0.200. The average molecular weight is 335 g/mol. The van der Waals surface area contributed by atoms with Crippen molar-refractivity contribution in [1.29, 1.82) is 0 Å². The number of thiophene rings is 1. The highest BCUT2D eigenvalue weighted by atomic mass is 32.2. The van der Waals surface area contributed by atoms with Crippen molar-refractivity contribution in [2.24, 2.45) is 0 Å². The van der Waals surface area contributed by atoms with E-state index in [-0.39, 0.29) is 11.6 Å². The Labute approximate surface area is 135 Å². The van der Waals surface area contributed by atoms with Crippen LogP contribution in [0.25, 0.3) is 6.08 Å².